The van der Waals surface area contributed by atoms with Gasteiger partial charge in [0.2, 0.25) is 0 Å². The molecular weight excluding hydrogens is 230 g/mol. The molecule has 1 fully saturated rings. The lowest BCUT2D eigenvalue weighted by Gasteiger charge is -2.31. The fraction of sp³-hybridized carbons (Fsp3) is 0.667. The van der Waals surface area contributed by atoms with Gasteiger partial charge < -0.3 is 5.32 Å². The van der Waals surface area contributed by atoms with Gasteiger partial charge in [0, 0.05) is 0 Å². The Balaban J connectivity index is 2.19. The lowest BCUT2D eigenvalue weighted by Crippen LogP contribution is -2.21. The fourth-order valence-electron chi connectivity index (χ4n) is 3.73. The first-order chi connectivity index (χ1) is 9.20. The lowest BCUT2D eigenvalue weighted by molar-refractivity contribution is 0.293. The summed E-state index contributed by atoms with van der Waals surface area (Å²) in [7, 11) is 2.07. The quantitative estimate of drug-likeness (QED) is 0.816. The first kappa shape index (κ1) is 14.6. The van der Waals surface area contributed by atoms with Crippen LogP contribution in [0.15, 0.2) is 18.2 Å². The molecule has 0 aliphatic heterocycles. The molecule has 1 saturated carbocycles. The summed E-state index contributed by atoms with van der Waals surface area (Å²) in [5, 5.41) is 3.34. The summed E-state index contributed by atoms with van der Waals surface area (Å²) in [6.45, 7) is 5.59. The molecule has 1 aliphatic rings. The second kappa shape index (κ2) is 7.09. The van der Waals surface area contributed by atoms with Gasteiger partial charge in [-0.1, -0.05) is 48.6 Å². The minimum atomic E-state index is 0.756. The molecule has 1 aromatic carbocycles. The Kier molecular flexibility index (Phi) is 5.45. The number of nitrogens with one attached hydrogen (secondary N) is 1. The van der Waals surface area contributed by atoms with Crippen molar-refractivity contribution in [3.8, 4) is 0 Å². The van der Waals surface area contributed by atoms with Crippen LogP contribution in [0, 0.1) is 19.8 Å². The van der Waals surface area contributed by atoms with Gasteiger partial charge >= 0.3 is 0 Å². The van der Waals surface area contributed by atoms with E-state index >= 15 is 0 Å². The summed E-state index contributed by atoms with van der Waals surface area (Å²) in [5.74, 6) is 1.66. The molecule has 106 valence electrons. The highest BCUT2D eigenvalue weighted by Gasteiger charge is 2.24. The molecular formula is C18H29N. The van der Waals surface area contributed by atoms with Crippen LogP contribution in [0.4, 0.5) is 0 Å². The predicted molar refractivity (Wildman–Crippen MR) is 83.8 cm³/mol. The van der Waals surface area contributed by atoms with E-state index in [1.165, 1.54) is 49.7 Å². The number of hydrogen-bond acceptors (Lipinski definition) is 1. The van der Waals surface area contributed by atoms with Crippen LogP contribution in [0.3, 0.4) is 0 Å². The van der Waals surface area contributed by atoms with Crippen LogP contribution in [0.1, 0.15) is 61.1 Å². The molecule has 1 heteroatoms. The molecule has 1 aliphatic carbocycles. The Morgan fingerprint density at radius 2 is 1.68 bits per heavy atom. The van der Waals surface area contributed by atoms with Crippen molar-refractivity contribution in [3.63, 3.8) is 0 Å². The van der Waals surface area contributed by atoms with Crippen molar-refractivity contribution in [2.24, 2.45) is 5.92 Å². The van der Waals surface area contributed by atoms with E-state index in [4.69, 9.17) is 0 Å². The van der Waals surface area contributed by atoms with Crippen molar-refractivity contribution in [2.75, 3.05) is 13.6 Å². The minimum absolute atomic E-state index is 0.756. The predicted octanol–water partition coefficient (Wildman–Crippen LogP) is 4.58. The number of hydrogen-bond donors (Lipinski definition) is 1. The van der Waals surface area contributed by atoms with Gasteiger partial charge in [-0.3, -0.25) is 0 Å². The van der Waals surface area contributed by atoms with Crippen molar-refractivity contribution >= 4 is 0 Å². The van der Waals surface area contributed by atoms with E-state index in [2.05, 4.69) is 44.4 Å². The van der Waals surface area contributed by atoms with Gasteiger partial charge in [0.05, 0.1) is 0 Å². The summed E-state index contributed by atoms with van der Waals surface area (Å²) < 4.78 is 0. The fourth-order valence-corrected chi connectivity index (χ4v) is 3.73. The molecule has 1 atom stereocenters. The average Bonchev–Trinajstić information content (AvgIpc) is 2.39. The van der Waals surface area contributed by atoms with Gasteiger partial charge in [-0.25, -0.2) is 0 Å². The van der Waals surface area contributed by atoms with E-state index in [1.807, 2.05) is 0 Å². The molecule has 2 rings (SSSR count). The molecule has 1 unspecified atom stereocenters. The molecule has 1 aromatic rings. The second-order valence-corrected chi connectivity index (χ2v) is 6.32. The third-order valence-electron chi connectivity index (χ3n) is 4.60. The van der Waals surface area contributed by atoms with Crippen molar-refractivity contribution in [1.82, 2.24) is 5.32 Å². The molecule has 0 radical (unpaired) electrons. The van der Waals surface area contributed by atoms with Gasteiger partial charge in [0.25, 0.3) is 0 Å². The topological polar surface area (TPSA) is 12.0 Å². The van der Waals surface area contributed by atoms with Crippen LogP contribution >= 0.6 is 0 Å². The molecule has 1 nitrogen and oxygen atoms in total. The SMILES string of the molecule is CNCCC(c1cc(C)cc(C)c1)C1CCCCC1. The van der Waals surface area contributed by atoms with Crippen molar-refractivity contribution in [1.29, 1.82) is 0 Å². The first-order valence-corrected chi connectivity index (χ1v) is 7.93. The highest BCUT2D eigenvalue weighted by Crippen LogP contribution is 2.38. The zero-order chi connectivity index (χ0) is 13.7. The standard InChI is InChI=1S/C18H29N/c1-14-11-15(2)13-17(12-14)18(9-10-19-3)16-7-5-4-6-8-16/h11-13,16,18-19H,4-10H2,1-3H3. The van der Waals surface area contributed by atoms with Crippen molar-refractivity contribution in [2.45, 2.75) is 58.3 Å². The monoisotopic (exact) mass is 259 g/mol. The van der Waals surface area contributed by atoms with Gasteiger partial charge in [0.15, 0.2) is 0 Å². The summed E-state index contributed by atoms with van der Waals surface area (Å²) >= 11 is 0. The normalized spacial score (nSPS) is 18.5. The van der Waals surface area contributed by atoms with Crippen LogP contribution in [0.5, 0.6) is 0 Å². The summed E-state index contributed by atoms with van der Waals surface area (Å²) in [4.78, 5) is 0. The second-order valence-electron chi connectivity index (χ2n) is 6.32. The van der Waals surface area contributed by atoms with Gasteiger partial charge in [0.1, 0.15) is 0 Å². The molecule has 19 heavy (non-hydrogen) atoms. The summed E-state index contributed by atoms with van der Waals surface area (Å²) in [6.07, 6.45) is 8.46. The zero-order valence-corrected chi connectivity index (χ0v) is 12.8. The Labute approximate surface area is 118 Å². The summed E-state index contributed by atoms with van der Waals surface area (Å²) in [6, 6.07) is 7.13. The Hall–Kier alpha value is -0.820. The maximum absolute atomic E-state index is 3.34. The smallest absolute Gasteiger partial charge is 0.00460 e. The van der Waals surface area contributed by atoms with Crippen LogP contribution in [-0.4, -0.2) is 13.6 Å². The van der Waals surface area contributed by atoms with E-state index in [-0.39, 0.29) is 0 Å². The molecule has 1 N–H and O–H groups in total. The molecule has 0 spiro atoms. The van der Waals surface area contributed by atoms with Gasteiger partial charge in [-0.2, -0.15) is 0 Å². The highest BCUT2D eigenvalue weighted by atomic mass is 14.8. The maximum Gasteiger partial charge on any atom is -0.00460 e. The van der Waals surface area contributed by atoms with E-state index in [0.717, 1.165) is 18.4 Å². The molecule has 0 amide bonds. The third kappa shape index (κ3) is 4.07. The molecule has 0 saturated heterocycles. The van der Waals surface area contributed by atoms with Crippen molar-refractivity contribution in [3.05, 3.63) is 34.9 Å². The van der Waals surface area contributed by atoms with Crippen LogP contribution in [0.25, 0.3) is 0 Å². The third-order valence-corrected chi connectivity index (χ3v) is 4.60. The Morgan fingerprint density at radius 3 is 2.26 bits per heavy atom. The van der Waals surface area contributed by atoms with E-state index in [1.54, 1.807) is 5.56 Å². The van der Waals surface area contributed by atoms with E-state index in [9.17, 15) is 0 Å². The molecule has 0 aromatic heterocycles. The lowest BCUT2D eigenvalue weighted by atomic mass is 9.75. The molecule has 0 heterocycles. The van der Waals surface area contributed by atoms with Crippen LogP contribution in [0.2, 0.25) is 0 Å². The van der Waals surface area contributed by atoms with Crippen LogP contribution < -0.4 is 5.32 Å². The van der Waals surface area contributed by atoms with E-state index < -0.39 is 0 Å². The zero-order valence-electron chi connectivity index (χ0n) is 12.8. The van der Waals surface area contributed by atoms with E-state index in [0.29, 0.717) is 0 Å². The Bertz CT molecular complexity index is 370. The summed E-state index contributed by atoms with van der Waals surface area (Å²) in [5.41, 5.74) is 4.42. The number of benzene rings is 1. The van der Waals surface area contributed by atoms with Gasteiger partial charge in [-0.05, 0) is 64.1 Å². The van der Waals surface area contributed by atoms with Crippen LogP contribution in [-0.2, 0) is 0 Å². The minimum Gasteiger partial charge on any atom is -0.320 e. The highest BCUT2D eigenvalue weighted by molar-refractivity contribution is 5.31. The maximum atomic E-state index is 3.34. The average molecular weight is 259 g/mol. The van der Waals surface area contributed by atoms with Gasteiger partial charge in [-0.15, -0.1) is 0 Å². The van der Waals surface area contributed by atoms with Crippen molar-refractivity contribution < 1.29 is 0 Å². The number of rotatable bonds is 5. The molecule has 0 bridgehead atoms. The largest absolute Gasteiger partial charge is 0.320 e. The number of aryl methyl sites for hydroxylation is 2. The first-order valence-electron chi connectivity index (χ1n) is 7.93. The Morgan fingerprint density at radius 1 is 1.05 bits per heavy atom.